The number of carboxylic acid groups (broad SMARTS) is 1. The van der Waals surface area contributed by atoms with E-state index in [9.17, 15) is 19.8 Å². The van der Waals surface area contributed by atoms with Crippen LogP contribution in [0.4, 0.5) is 0 Å². The number of phenols is 1. The van der Waals surface area contributed by atoms with E-state index in [4.69, 9.17) is 4.74 Å². The number of ether oxygens (including phenoxy) is 1. The normalized spacial score (nSPS) is 16.4. The van der Waals surface area contributed by atoms with Crippen LogP contribution in [0.2, 0.25) is 0 Å². The topological polar surface area (TPSA) is 96.2 Å². The SMILES string of the molecule is COc1cc(O)c(C2(N=C=O)CCCC2)cc1C(=O)O. The minimum Gasteiger partial charge on any atom is -0.507 e. The second-order valence-corrected chi connectivity index (χ2v) is 4.82. The van der Waals surface area contributed by atoms with Crippen LogP contribution in [0.3, 0.4) is 0 Å². The minimum atomic E-state index is -1.16. The molecule has 2 rings (SSSR count). The third-order valence-electron chi connectivity index (χ3n) is 3.74. The fourth-order valence-electron chi connectivity index (χ4n) is 2.77. The van der Waals surface area contributed by atoms with E-state index in [0.717, 1.165) is 12.8 Å². The van der Waals surface area contributed by atoms with Gasteiger partial charge in [0.1, 0.15) is 22.6 Å². The molecular weight excluding hydrogens is 262 g/mol. The maximum absolute atomic E-state index is 11.3. The fourth-order valence-corrected chi connectivity index (χ4v) is 2.77. The number of aliphatic imine (C=N–C) groups is 1. The molecule has 0 aliphatic heterocycles. The van der Waals surface area contributed by atoms with E-state index in [-0.39, 0.29) is 17.1 Å². The monoisotopic (exact) mass is 277 g/mol. The predicted molar refractivity (Wildman–Crippen MR) is 69.9 cm³/mol. The molecule has 0 atom stereocenters. The third-order valence-corrected chi connectivity index (χ3v) is 3.74. The van der Waals surface area contributed by atoms with Crippen LogP contribution in [0.15, 0.2) is 17.1 Å². The van der Waals surface area contributed by atoms with Crippen LogP contribution in [0.25, 0.3) is 0 Å². The number of rotatable bonds is 4. The van der Waals surface area contributed by atoms with Crippen molar-refractivity contribution in [2.75, 3.05) is 7.11 Å². The molecular formula is C14H15NO5. The van der Waals surface area contributed by atoms with Crippen molar-refractivity contribution in [2.24, 2.45) is 4.99 Å². The second kappa shape index (κ2) is 5.35. The Morgan fingerprint density at radius 1 is 1.40 bits per heavy atom. The number of carbonyl (C=O) groups excluding carboxylic acids is 1. The fraction of sp³-hybridized carbons (Fsp3) is 0.429. The number of phenolic OH excluding ortho intramolecular Hbond substituents is 1. The maximum Gasteiger partial charge on any atom is 0.339 e. The third kappa shape index (κ3) is 2.26. The van der Waals surface area contributed by atoms with Crippen LogP contribution >= 0.6 is 0 Å². The van der Waals surface area contributed by atoms with Crippen molar-refractivity contribution in [1.82, 2.24) is 0 Å². The summed E-state index contributed by atoms with van der Waals surface area (Å²) < 4.78 is 4.95. The Kier molecular flexibility index (Phi) is 3.77. The van der Waals surface area contributed by atoms with Crippen LogP contribution in [0.5, 0.6) is 11.5 Å². The number of hydrogen-bond acceptors (Lipinski definition) is 5. The van der Waals surface area contributed by atoms with E-state index in [2.05, 4.69) is 4.99 Å². The number of aromatic hydroxyl groups is 1. The molecule has 0 radical (unpaired) electrons. The number of carboxylic acids is 1. The van der Waals surface area contributed by atoms with E-state index < -0.39 is 11.5 Å². The van der Waals surface area contributed by atoms with Gasteiger partial charge in [0, 0.05) is 11.6 Å². The molecule has 2 N–H and O–H groups in total. The van der Waals surface area contributed by atoms with E-state index in [0.29, 0.717) is 18.4 Å². The van der Waals surface area contributed by atoms with Gasteiger partial charge in [0.15, 0.2) is 0 Å². The van der Waals surface area contributed by atoms with Gasteiger partial charge >= 0.3 is 5.97 Å². The number of nitrogens with zero attached hydrogens (tertiary/aromatic N) is 1. The molecule has 1 fully saturated rings. The lowest BCUT2D eigenvalue weighted by molar-refractivity contribution is 0.0693. The van der Waals surface area contributed by atoms with Gasteiger partial charge in [-0.1, -0.05) is 12.8 Å². The Morgan fingerprint density at radius 2 is 2.05 bits per heavy atom. The van der Waals surface area contributed by atoms with Gasteiger partial charge in [-0.05, 0) is 18.9 Å². The molecule has 106 valence electrons. The summed E-state index contributed by atoms with van der Waals surface area (Å²) in [5.74, 6) is -1.21. The molecule has 1 aliphatic rings. The molecule has 1 aromatic rings. The lowest BCUT2D eigenvalue weighted by Gasteiger charge is -2.24. The molecule has 1 aliphatic carbocycles. The average molecular weight is 277 g/mol. The molecule has 0 saturated heterocycles. The first kappa shape index (κ1) is 14.1. The summed E-state index contributed by atoms with van der Waals surface area (Å²) in [5, 5.41) is 19.3. The first-order chi connectivity index (χ1) is 9.54. The lowest BCUT2D eigenvalue weighted by atomic mass is 9.87. The van der Waals surface area contributed by atoms with Gasteiger partial charge in [-0.15, -0.1) is 0 Å². The number of carbonyl (C=O) groups is 1. The zero-order chi connectivity index (χ0) is 14.8. The average Bonchev–Trinajstić information content (AvgIpc) is 2.87. The summed E-state index contributed by atoms with van der Waals surface area (Å²) in [6.45, 7) is 0. The highest BCUT2D eigenvalue weighted by Gasteiger charge is 2.38. The Labute approximate surface area is 115 Å². The maximum atomic E-state index is 11.3. The Hall–Kier alpha value is -2.33. The van der Waals surface area contributed by atoms with Gasteiger partial charge in [-0.25, -0.2) is 9.59 Å². The van der Waals surface area contributed by atoms with Gasteiger partial charge in [-0.2, -0.15) is 4.99 Å². The number of isocyanates is 1. The van der Waals surface area contributed by atoms with E-state index >= 15 is 0 Å². The Bertz CT molecular complexity index is 583. The number of aromatic carboxylic acids is 1. The molecule has 6 nitrogen and oxygen atoms in total. The van der Waals surface area contributed by atoms with Crippen molar-refractivity contribution in [2.45, 2.75) is 31.2 Å². The largest absolute Gasteiger partial charge is 0.507 e. The smallest absolute Gasteiger partial charge is 0.339 e. The first-order valence-electron chi connectivity index (χ1n) is 6.28. The van der Waals surface area contributed by atoms with Gasteiger partial charge in [0.25, 0.3) is 0 Å². The van der Waals surface area contributed by atoms with Crippen molar-refractivity contribution >= 4 is 12.0 Å². The highest BCUT2D eigenvalue weighted by atomic mass is 16.5. The highest BCUT2D eigenvalue weighted by molar-refractivity contribution is 5.91. The summed E-state index contributed by atoms with van der Waals surface area (Å²) in [5.41, 5.74) is -0.591. The molecule has 0 spiro atoms. The van der Waals surface area contributed by atoms with Crippen LogP contribution in [-0.4, -0.2) is 29.4 Å². The van der Waals surface area contributed by atoms with Crippen molar-refractivity contribution in [3.8, 4) is 11.5 Å². The highest BCUT2D eigenvalue weighted by Crippen LogP contribution is 2.46. The number of hydrogen-bond donors (Lipinski definition) is 2. The summed E-state index contributed by atoms with van der Waals surface area (Å²) in [4.78, 5) is 25.8. The first-order valence-corrected chi connectivity index (χ1v) is 6.28. The van der Waals surface area contributed by atoms with Gasteiger partial charge in [0.05, 0.1) is 7.11 Å². The summed E-state index contributed by atoms with van der Waals surface area (Å²) >= 11 is 0. The van der Waals surface area contributed by atoms with Gasteiger partial charge < -0.3 is 14.9 Å². The molecule has 6 heteroatoms. The predicted octanol–water partition coefficient (Wildman–Crippen LogP) is 2.20. The van der Waals surface area contributed by atoms with E-state index in [1.165, 1.54) is 25.3 Å². The molecule has 1 saturated carbocycles. The zero-order valence-electron chi connectivity index (χ0n) is 11.0. The number of methoxy groups -OCH3 is 1. The molecule has 0 heterocycles. The second-order valence-electron chi connectivity index (χ2n) is 4.82. The Morgan fingerprint density at radius 3 is 2.55 bits per heavy atom. The minimum absolute atomic E-state index is 0.0623. The molecule has 1 aromatic carbocycles. The van der Waals surface area contributed by atoms with Crippen molar-refractivity contribution in [3.05, 3.63) is 23.3 Å². The standard InChI is InChI=1S/C14H15NO5/c1-20-12-7-11(17)10(6-9(12)13(18)19)14(15-8-16)4-2-3-5-14/h6-7,17H,2-5H2,1H3,(H,18,19). The van der Waals surface area contributed by atoms with Crippen molar-refractivity contribution in [3.63, 3.8) is 0 Å². The zero-order valence-corrected chi connectivity index (χ0v) is 11.0. The van der Waals surface area contributed by atoms with Crippen LogP contribution < -0.4 is 4.74 Å². The van der Waals surface area contributed by atoms with Crippen LogP contribution in [0.1, 0.15) is 41.6 Å². The Balaban J connectivity index is 2.64. The van der Waals surface area contributed by atoms with Crippen molar-refractivity contribution in [1.29, 1.82) is 0 Å². The van der Waals surface area contributed by atoms with E-state index in [1.807, 2.05) is 0 Å². The molecule has 0 amide bonds. The molecule has 0 bridgehead atoms. The molecule has 0 aromatic heterocycles. The summed E-state index contributed by atoms with van der Waals surface area (Å²) in [6.07, 6.45) is 4.43. The quantitative estimate of drug-likeness (QED) is 0.649. The van der Waals surface area contributed by atoms with Gasteiger partial charge in [-0.3, -0.25) is 0 Å². The summed E-state index contributed by atoms with van der Waals surface area (Å²) in [6, 6.07) is 2.59. The lowest BCUT2D eigenvalue weighted by Crippen LogP contribution is -2.20. The number of benzene rings is 1. The van der Waals surface area contributed by atoms with Crippen LogP contribution in [0, 0.1) is 0 Å². The van der Waals surface area contributed by atoms with E-state index in [1.54, 1.807) is 0 Å². The molecule has 20 heavy (non-hydrogen) atoms. The van der Waals surface area contributed by atoms with Crippen LogP contribution in [-0.2, 0) is 10.3 Å². The van der Waals surface area contributed by atoms with Crippen molar-refractivity contribution < 1.29 is 24.5 Å². The molecule has 0 unspecified atom stereocenters. The summed E-state index contributed by atoms with van der Waals surface area (Å²) in [7, 11) is 1.33. The van der Waals surface area contributed by atoms with Gasteiger partial charge in [0.2, 0.25) is 6.08 Å².